The van der Waals surface area contributed by atoms with Gasteiger partial charge in [0.15, 0.2) is 0 Å². The molecular weight excluding hydrogens is 380 g/mol. The molecule has 0 bridgehead atoms. The smallest absolute Gasteiger partial charge is 0.261 e. The third kappa shape index (κ3) is 4.49. The SMILES string of the molecule is COCOCC1(CO)CC1CO[Si](c1ccccc1)(c1ccccc1)C(C)(C)C. The summed E-state index contributed by atoms with van der Waals surface area (Å²) in [6.45, 7) is 8.36. The van der Waals surface area contributed by atoms with Crippen LogP contribution in [0, 0.1) is 11.3 Å². The average molecular weight is 415 g/mol. The molecule has 0 heterocycles. The molecule has 3 rings (SSSR count). The van der Waals surface area contributed by atoms with Gasteiger partial charge in [0.2, 0.25) is 0 Å². The molecule has 29 heavy (non-hydrogen) atoms. The quantitative estimate of drug-likeness (QED) is 0.369. The molecule has 0 amide bonds. The van der Waals surface area contributed by atoms with Gasteiger partial charge >= 0.3 is 0 Å². The second-order valence-corrected chi connectivity index (χ2v) is 13.5. The summed E-state index contributed by atoms with van der Waals surface area (Å²) in [6, 6.07) is 21.3. The van der Waals surface area contributed by atoms with Gasteiger partial charge in [-0.2, -0.15) is 0 Å². The second-order valence-electron chi connectivity index (χ2n) is 9.15. The van der Waals surface area contributed by atoms with Crippen LogP contribution in [0.3, 0.4) is 0 Å². The molecule has 5 heteroatoms. The molecule has 1 fully saturated rings. The fourth-order valence-electron chi connectivity index (χ4n) is 4.40. The van der Waals surface area contributed by atoms with Crippen LogP contribution in [0.15, 0.2) is 60.7 Å². The highest BCUT2D eigenvalue weighted by molar-refractivity contribution is 6.99. The topological polar surface area (TPSA) is 47.9 Å². The first kappa shape index (κ1) is 22.2. The van der Waals surface area contributed by atoms with Crippen molar-refractivity contribution >= 4 is 18.7 Å². The maximum Gasteiger partial charge on any atom is 0.261 e. The third-order valence-electron chi connectivity index (χ3n) is 6.18. The maximum absolute atomic E-state index is 9.98. The Morgan fingerprint density at radius 1 is 1.00 bits per heavy atom. The van der Waals surface area contributed by atoms with E-state index in [-0.39, 0.29) is 23.9 Å². The summed E-state index contributed by atoms with van der Waals surface area (Å²) < 4.78 is 17.6. The van der Waals surface area contributed by atoms with Gasteiger partial charge < -0.3 is 19.0 Å². The average Bonchev–Trinajstić information content (AvgIpc) is 3.43. The Hall–Kier alpha value is -1.50. The highest BCUT2D eigenvalue weighted by atomic mass is 28.4. The number of benzene rings is 2. The van der Waals surface area contributed by atoms with E-state index in [1.807, 2.05) is 0 Å². The lowest BCUT2D eigenvalue weighted by atomic mass is 10.1. The molecule has 2 unspecified atom stereocenters. The van der Waals surface area contributed by atoms with Crippen LogP contribution in [0.4, 0.5) is 0 Å². The largest absolute Gasteiger partial charge is 0.407 e. The molecule has 1 saturated carbocycles. The Balaban J connectivity index is 1.89. The highest BCUT2D eigenvalue weighted by Gasteiger charge is 2.57. The summed E-state index contributed by atoms with van der Waals surface area (Å²) >= 11 is 0. The summed E-state index contributed by atoms with van der Waals surface area (Å²) in [7, 11) is -0.919. The summed E-state index contributed by atoms with van der Waals surface area (Å²) in [5.41, 5.74) is -0.204. The minimum atomic E-state index is -2.53. The van der Waals surface area contributed by atoms with Gasteiger partial charge in [-0.1, -0.05) is 81.4 Å². The zero-order valence-corrected chi connectivity index (χ0v) is 19.1. The van der Waals surface area contributed by atoms with Gasteiger partial charge in [-0.15, -0.1) is 0 Å². The lowest BCUT2D eigenvalue weighted by Crippen LogP contribution is -2.66. The summed E-state index contributed by atoms with van der Waals surface area (Å²) in [5, 5.41) is 12.5. The molecule has 1 aliphatic carbocycles. The van der Waals surface area contributed by atoms with Crippen molar-refractivity contribution in [1.29, 1.82) is 0 Å². The van der Waals surface area contributed by atoms with Crippen molar-refractivity contribution in [2.24, 2.45) is 11.3 Å². The van der Waals surface area contributed by atoms with E-state index >= 15 is 0 Å². The number of aliphatic hydroxyl groups excluding tert-OH is 1. The Kier molecular flexibility index (Phi) is 6.97. The molecule has 2 atom stereocenters. The van der Waals surface area contributed by atoms with Gasteiger partial charge in [0.25, 0.3) is 8.32 Å². The van der Waals surface area contributed by atoms with Crippen LogP contribution in [0.1, 0.15) is 27.2 Å². The van der Waals surface area contributed by atoms with Crippen molar-refractivity contribution in [2.45, 2.75) is 32.2 Å². The van der Waals surface area contributed by atoms with E-state index in [4.69, 9.17) is 13.9 Å². The Bertz CT molecular complexity index is 720. The number of methoxy groups -OCH3 is 1. The third-order valence-corrected chi connectivity index (χ3v) is 11.2. The van der Waals surface area contributed by atoms with Crippen LogP contribution in [-0.4, -0.2) is 47.1 Å². The molecule has 158 valence electrons. The van der Waals surface area contributed by atoms with E-state index in [0.717, 1.165) is 6.42 Å². The first-order valence-electron chi connectivity index (χ1n) is 10.3. The molecule has 1 N–H and O–H groups in total. The predicted octanol–water partition coefficient (Wildman–Crippen LogP) is 3.18. The van der Waals surface area contributed by atoms with Gasteiger partial charge in [-0.3, -0.25) is 0 Å². The van der Waals surface area contributed by atoms with E-state index in [0.29, 0.717) is 19.1 Å². The van der Waals surface area contributed by atoms with E-state index in [1.54, 1.807) is 7.11 Å². The van der Waals surface area contributed by atoms with E-state index in [1.165, 1.54) is 10.4 Å². The summed E-state index contributed by atoms with van der Waals surface area (Å²) in [6.07, 6.45) is 0.922. The van der Waals surface area contributed by atoms with Crippen molar-refractivity contribution in [3.05, 3.63) is 60.7 Å². The fourth-order valence-corrected chi connectivity index (χ4v) is 9.01. The lowest BCUT2D eigenvalue weighted by molar-refractivity contribution is -0.0578. The van der Waals surface area contributed by atoms with Crippen molar-refractivity contribution in [1.82, 2.24) is 0 Å². The van der Waals surface area contributed by atoms with E-state index < -0.39 is 8.32 Å². The van der Waals surface area contributed by atoms with Gasteiger partial charge in [-0.25, -0.2) is 0 Å². The molecule has 0 aliphatic heterocycles. The standard InChI is InChI=1S/C24H34O4Si/c1-23(2,3)29(21-11-7-5-8-12-21,22-13-9-6-10-14-22)28-16-20-15-24(20,17-25)18-27-19-26-4/h5-14,20,25H,15-19H2,1-4H3. The molecule has 1 aliphatic rings. The number of hydrogen-bond donors (Lipinski definition) is 1. The fraction of sp³-hybridized carbons (Fsp3) is 0.500. The molecule has 0 aromatic heterocycles. The molecule has 0 saturated heterocycles. The van der Waals surface area contributed by atoms with E-state index in [9.17, 15) is 5.11 Å². The zero-order valence-electron chi connectivity index (χ0n) is 18.1. The molecular formula is C24H34O4Si. The molecule has 2 aromatic rings. The maximum atomic E-state index is 9.98. The zero-order chi connectivity index (χ0) is 21.0. The second kappa shape index (κ2) is 9.10. The molecule has 0 radical (unpaired) electrons. The van der Waals surface area contributed by atoms with Crippen LogP contribution in [0.2, 0.25) is 5.04 Å². The molecule has 4 nitrogen and oxygen atoms in total. The van der Waals surface area contributed by atoms with Crippen LogP contribution >= 0.6 is 0 Å². The minimum absolute atomic E-state index is 0.0426. The summed E-state index contributed by atoms with van der Waals surface area (Å²) in [4.78, 5) is 0. The number of rotatable bonds is 10. The van der Waals surface area contributed by atoms with Gasteiger partial charge in [-0.05, 0) is 27.8 Å². The monoisotopic (exact) mass is 414 g/mol. The van der Waals surface area contributed by atoms with Gasteiger partial charge in [0.1, 0.15) is 6.79 Å². The number of aliphatic hydroxyl groups is 1. The van der Waals surface area contributed by atoms with Crippen LogP contribution in [0.5, 0.6) is 0 Å². The van der Waals surface area contributed by atoms with Crippen LogP contribution in [0.25, 0.3) is 0 Å². The first-order valence-corrected chi connectivity index (χ1v) is 12.2. The lowest BCUT2D eigenvalue weighted by Gasteiger charge is -2.43. The Labute approximate surface area is 176 Å². The van der Waals surface area contributed by atoms with Gasteiger partial charge in [0.05, 0.1) is 13.2 Å². The van der Waals surface area contributed by atoms with Crippen molar-refractivity contribution in [3.63, 3.8) is 0 Å². The first-order chi connectivity index (χ1) is 13.9. The highest BCUT2D eigenvalue weighted by Crippen LogP contribution is 2.53. The van der Waals surface area contributed by atoms with Crippen molar-refractivity contribution in [3.8, 4) is 0 Å². The number of ether oxygens (including phenoxy) is 2. The number of hydrogen-bond acceptors (Lipinski definition) is 4. The predicted molar refractivity (Wildman–Crippen MR) is 119 cm³/mol. The normalized spacial score (nSPS) is 21.9. The van der Waals surface area contributed by atoms with Gasteiger partial charge in [0, 0.05) is 19.1 Å². The molecule has 2 aromatic carbocycles. The van der Waals surface area contributed by atoms with Crippen LogP contribution < -0.4 is 10.4 Å². The van der Waals surface area contributed by atoms with Crippen molar-refractivity contribution < 1.29 is 19.0 Å². The van der Waals surface area contributed by atoms with E-state index in [2.05, 4.69) is 81.4 Å². The Morgan fingerprint density at radius 3 is 2.00 bits per heavy atom. The molecule has 0 spiro atoms. The van der Waals surface area contributed by atoms with Crippen molar-refractivity contribution in [2.75, 3.05) is 33.7 Å². The van der Waals surface area contributed by atoms with Crippen LogP contribution in [-0.2, 0) is 13.9 Å². The summed E-state index contributed by atoms with van der Waals surface area (Å²) in [5.74, 6) is 0.297. The Morgan fingerprint density at radius 2 is 1.55 bits per heavy atom. The minimum Gasteiger partial charge on any atom is -0.407 e.